The van der Waals surface area contributed by atoms with E-state index in [1.165, 1.54) is 82.9 Å². The van der Waals surface area contributed by atoms with Gasteiger partial charge in [-0.05, 0) is 97.1 Å². The molecule has 0 saturated carbocycles. The molecule has 0 bridgehead atoms. The molecule has 2 atom stereocenters. The van der Waals surface area contributed by atoms with E-state index in [0.717, 1.165) is 39.0 Å². The predicted molar refractivity (Wildman–Crippen MR) is 285 cm³/mol. The lowest BCUT2D eigenvalue weighted by Crippen LogP contribution is -2.47. The quantitative estimate of drug-likeness (QED) is 0.155. The fraction of sp³-hybridized carbons (Fsp3) is 0.0769. The van der Waals surface area contributed by atoms with Crippen molar-refractivity contribution in [3.05, 3.63) is 247 Å². The van der Waals surface area contributed by atoms with Gasteiger partial charge in [0.15, 0.2) is 0 Å². The van der Waals surface area contributed by atoms with Crippen LogP contribution in [0.1, 0.15) is 30.5 Å². The van der Waals surface area contributed by atoms with Gasteiger partial charge in [-0.1, -0.05) is 202 Å². The summed E-state index contributed by atoms with van der Waals surface area (Å²) in [7, 11) is 0. The number of allylic oxidation sites excluding steroid dienone is 2. The Morgan fingerprint density at radius 3 is 1.97 bits per heavy atom. The van der Waals surface area contributed by atoms with Gasteiger partial charge in [-0.15, -0.1) is 0 Å². The largest absolute Gasteiger partial charge is 0.456 e. The van der Waals surface area contributed by atoms with Crippen molar-refractivity contribution in [1.29, 1.82) is 0 Å². The van der Waals surface area contributed by atoms with E-state index < -0.39 is 0 Å². The minimum absolute atomic E-state index is 0.154. The van der Waals surface area contributed by atoms with E-state index in [1.54, 1.807) is 0 Å². The lowest BCUT2D eigenvalue weighted by molar-refractivity contribution is 0.657. The number of hydrogen-bond donors (Lipinski definition) is 0. The van der Waals surface area contributed by atoms with E-state index in [1.807, 2.05) is 0 Å². The summed E-state index contributed by atoms with van der Waals surface area (Å²) in [6.07, 6.45) is 7.15. The molecule has 14 rings (SSSR count). The normalized spacial score (nSPS) is 16.5. The van der Waals surface area contributed by atoms with Crippen molar-refractivity contribution in [1.82, 2.24) is 0 Å². The molecule has 3 nitrogen and oxygen atoms in total. The average Bonchev–Trinajstić information content (AvgIpc) is 4.01. The maximum atomic E-state index is 6.92. The van der Waals surface area contributed by atoms with Crippen molar-refractivity contribution in [2.75, 3.05) is 9.80 Å². The van der Waals surface area contributed by atoms with E-state index in [-0.39, 0.29) is 17.5 Å². The first kappa shape index (κ1) is 38.8. The molecule has 0 saturated heterocycles. The number of fused-ring (bicyclic) bond motifs is 12. The third kappa shape index (κ3) is 5.66. The van der Waals surface area contributed by atoms with Crippen LogP contribution in [-0.4, -0.2) is 12.1 Å². The van der Waals surface area contributed by atoms with E-state index >= 15 is 0 Å². The highest BCUT2D eigenvalue weighted by Crippen LogP contribution is 2.58. The number of rotatable bonds is 6. The molecule has 0 N–H and O–H groups in total. The van der Waals surface area contributed by atoms with Crippen molar-refractivity contribution in [2.24, 2.45) is 0 Å². The zero-order valence-corrected chi connectivity index (χ0v) is 37.9. The van der Waals surface area contributed by atoms with Crippen LogP contribution < -0.4 is 9.80 Å². The van der Waals surface area contributed by atoms with E-state index in [4.69, 9.17) is 4.42 Å². The van der Waals surface area contributed by atoms with Crippen molar-refractivity contribution in [3.63, 3.8) is 0 Å². The number of benzene rings is 10. The van der Waals surface area contributed by atoms with Gasteiger partial charge in [0.2, 0.25) is 0 Å². The van der Waals surface area contributed by atoms with Gasteiger partial charge in [0.1, 0.15) is 11.2 Å². The highest BCUT2D eigenvalue weighted by molar-refractivity contribution is 6.21. The van der Waals surface area contributed by atoms with Crippen LogP contribution >= 0.6 is 0 Å². The molecular weight excluding hydrogens is 825 g/mol. The fourth-order valence-corrected chi connectivity index (χ4v) is 12.1. The van der Waals surface area contributed by atoms with Crippen LogP contribution in [0.4, 0.5) is 22.7 Å². The molecule has 2 heterocycles. The van der Waals surface area contributed by atoms with Crippen molar-refractivity contribution in [2.45, 2.75) is 31.3 Å². The Hall–Kier alpha value is -8.40. The number of para-hydroxylation sites is 1. The first-order valence-electron chi connectivity index (χ1n) is 23.8. The minimum Gasteiger partial charge on any atom is -0.456 e. The zero-order valence-electron chi connectivity index (χ0n) is 37.9. The Bertz CT molecular complexity index is 3910. The molecule has 10 aromatic carbocycles. The molecule has 2 aliphatic carbocycles. The van der Waals surface area contributed by atoms with Gasteiger partial charge in [-0.3, -0.25) is 0 Å². The summed E-state index contributed by atoms with van der Waals surface area (Å²) in [5.74, 6) is 0. The lowest BCUT2D eigenvalue weighted by atomic mass is 9.82. The molecule has 1 aromatic heterocycles. The first-order chi connectivity index (χ1) is 33.5. The molecule has 0 spiro atoms. The second-order valence-electron chi connectivity index (χ2n) is 19.1. The third-order valence-corrected chi connectivity index (χ3v) is 15.1. The SMILES string of the molecule is CC1(C)c2ccccc2-c2ccc(N(c3cccc(-c4ccccc4)c3)C3C=CC=C4c5c(cc6oc7ccccc7c6c5-c5ccccc5)N(c5cc6ccccc6c6ccccc56)C43)cc21. The number of anilines is 4. The Kier molecular flexibility index (Phi) is 8.45. The average molecular weight is 871 g/mol. The van der Waals surface area contributed by atoms with Gasteiger partial charge < -0.3 is 14.2 Å². The molecule has 0 fully saturated rings. The zero-order chi connectivity index (χ0) is 45.1. The molecule has 3 heteroatoms. The molecule has 68 heavy (non-hydrogen) atoms. The second-order valence-corrected chi connectivity index (χ2v) is 19.1. The summed E-state index contributed by atoms with van der Waals surface area (Å²) < 4.78 is 6.92. The molecule has 0 amide bonds. The standard InChI is InChI=1S/C65H46N2O/c1-65(2)54-32-15-13-28-49(54)50-36-35-46(39-55(50)65)66(45-25-17-24-43(37-45)41-19-5-3-6-20-41)56-33-18-31-53-62-58(40-60-63(52-30-14-16-34-59(52)68-60)61(62)42-21-7-4-8-22-42)67(64(53)56)57-38-44-23-9-10-26-47(44)48-27-11-12-29-51(48)57/h3-40,56,64H,1-2H3. The summed E-state index contributed by atoms with van der Waals surface area (Å²) in [5, 5.41) is 7.19. The highest BCUT2D eigenvalue weighted by Gasteiger charge is 2.46. The van der Waals surface area contributed by atoms with Crippen molar-refractivity contribution < 1.29 is 4.42 Å². The highest BCUT2D eigenvalue weighted by atomic mass is 16.3. The van der Waals surface area contributed by atoms with Crippen LogP contribution in [-0.2, 0) is 5.41 Å². The van der Waals surface area contributed by atoms with Crippen LogP contribution in [0.3, 0.4) is 0 Å². The maximum absolute atomic E-state index is 6.92. The summed E-state index contributed by atoms with van der Waals surface area (Å²) in [5.41, 5.74) is 18.9. The van der Waals surface area contributed by atoms with E-state index in [9.17, 15) is 0 Å². The monoisotopic (exact) mass is 870 g/mol. The Labute approximate surface area is 396 Å². The van der Waals surface area contributed by atoms with Gasteiger partial charge >= 0.3 is 0 Å². The predicted octanol–water partition coefficient (Wildman–Crippen LogP) is 17.2. The Balaban J connectivity index is 1.07. The van der Waals surface area contributed by atoms with Crippen LogP contribution in [0.25, 0.3) is 82.4 Å². The smallest absolute Gasteiger partial charge is 0.138 e. The Morgan fingerprint density at radius 2 is 1.13 bits per heavy atom. The van der Waals surface area contributed by atoms with Gasteiger partial charge in [0.25, 0.3) is 0 Å². The number of nitrogens with zero attached hydrogens (tertiary/aromatic N) is 2. The first-order valence-corrected chi connectivity index (χ1v) is 23.8. The van der Waals surface area contributed by atoms with Crippen molar-refractivity contribution in [3.8, 4) is 33.4 Å². The fourth-order valence-electron chi connectivity index (χ4n) is 12.1. The third-order valence-electron chi connectivity index (χ3n) is 15.1. The van der Waals surface area contributed by atoms with Crippen LogP contribution in [0.15, 0.2) is 235 Å². The maximum Gasteiger partial charge on any atom is 0.138 e. The molecule has 11 aromatic rings. The topological polar surface area (TPSA) is 19.6 Å². The molecular formula is C65H46N2O. The summed E-state index contributed by atoms with van der Waals surface area (Å²) >= 11 is 0. The van der Waals surface area contributed by atoms with Crippen LogP contribution in [0.5, 0.6) is 0 Å². The summed E-state index contributed by atoms with van der Waals surface area (Å²) in [4.78, 5) is 5.30. The molecule has 3 aliphatic rings. The Morgan fingerprint density at radius 1 is 0.471 bits per heavy atom. The molecule has 2 unspecified atom stereocenters. The number of hydrogen-bond acceptors (Lipinski definition) is 3. The van der Waals surface area contributed by atoms with Crippen LogP contribution in [0.2, 0.25) is 0 Å². The van der Waals surface area contributed by atoms with E-state index in [0.29, 0.717) is 0 Å². The summed E-state index contributed by atoms with van der Waals surface area (Å²) in [6, 6.07) is 77.9. The molecule has 322 valence electrons. The van der Waals surface area contributed by atoms with Gasteiger partial charge in [-0.25, -0.2) is 0 Å². The minimum atomic E-state index is -0.173. The van der Waals surface area contributed by atoms with E-state index in [2.05, 4.69) is 254 Å². The van der Waals surface area contributed by atoms with Gasteiger partial charge in [0.05, 0.1) is 23.5 Å². The van der Waals surface area contributed by atoms with Gasteiger partial charge in [-0.2, -0.15) is 0 Å². The number of furan rings is 1. The van der Waals surface area contributed by atoms with Crippen LogP contribution in [0, 0.1) is 0 Å². The van der Waals surface area contributed by atoms with Gasteiger partial charge in [0, 0.05) is 50.1 Å². The molecule has 1 aliphatic heterocycles. The molecule has 0 radical (unpaired) electrons. The summed E-state index contributed by atoms with van der Waals surface area (Å²) in [6.45, 7) is 4.77. The second kappa shape index (κ2) is 14.8. The van der Waals surface area contributed by atoms with Crippen molar-refractivity contribution >= 4 is 71.8 Å². The lowest BCUT2D eigenvalue weighted by Gasteiger charge is -2.42.